The molecule has 0 aliphatic heterocycles. The number of aryl methyl sites for hydroxylation is 1. The number of ether oxygens (including phenoxy) is 1. The van der Waals surface area contributed by atoms with E-state index in [9.17, 15) is 0 Å². The van der Waals surface area contributed by atoms with Crippen molar-refractivity contribution in [1.29, 1.82) is 0 Å². The molecule has 0 atom stereocenters. The van der Waals surface area contributed by atoms with E-state index in [-0.39, 0.29) is 0 Å². The van der Waals surface area contributed by atoms with Crippen LogP contribution < -0.4 is 4.74 Å². The van der Waals surface area contributed by atoms with Crippen LogP contribution in [0.15, 0.2) is 78.9 Å². The highest BCUT2D eigenvalue weighted by atomic mass is 16.5. The zero-order valence-corrected chi connectivity index (χ0v) is 11.4. The monoisotopic (exact) mass is 260 g/mol. The molecule has 98 valence electrons. The van der Waals surface area contributed by atoms with Gasteiger partial charge >= 0.3 is 0 Å². The van der Waals surface area contributed by atoms with Gasteiger partial charge in [0.1, 0.15) is 11.5 Å². The Morgan fingerprint density at radius 1 is 0.600 bits per heavy atom. The number of hydrogen-bond donors (Lipinski definition) is 0. The molecule has 3 rings (SSSR count). The van der Waals surface area contributed by atoms with E-state index >= 15 is 0 Å². The lowest BCUT2D eigenvalue weighted by molar-refractivity contribution is 0.482. The van der Waals surface area contributed by atoms with Crippen molar-refractivity contribution < 1.29 is 4.74 Å². The van der Waals surface area contributed by atoms with Crippen LogP contribution >= 0.6 is 0 Å². The molecule has 0 fully saturated rings. The molecule has 0 aliphatic carbocycles. The molecule has 0 bridgehead atoms. The van der Waals surface area contributed by atoms with E-state index in [4.69, 9.17) is 4.74 Å². The van der Waals surface area contributed by atoms with Gasteiger partial charge in [-0.3, -0.25) is 0 Å². The summed E-state index contributed by atoms with van der Waals surface area (Å²) in [6.45, 7) is 2.09. The molecule has 3 aromatic carbocycles. The van der Waals surface area contributed by atoms with Crippen LogP contribution in [0.4, 0.5) is 0 Å². The first-order valence-electron chi connectivity index (χ1n) is 6.71. The molecule has 0 unspecified atom stereocenters. The summed E-state index contributed by atoms with van der Waals surface area (Å²) < 4.78 is 5.92. The van der Waals surface area contributed by atoms with Gasteiger partial charge in [0.25, 0.3) is 0 Å². The molecule has 0 spiro atoms. The van der Waals surface area contributed by atoms with Gasteiger partial charge in [-0.15, -0.1) is 0 Å². The summed E-state index contributed by atoms with van der Waals surface area (Å²) in [5.74, 6) is 1.73. The zero-order chi connectivity index (χ0) is 13.8. The molecule has 20 heavy (non-hydrogen) atoms. The average Bonchev–Trinajstić information content (AvgIpc) is 2.49. The fourth-order valence-electron chi connectivity index (χ4n) is 2.23. The fourth-order valence-corrected chi connectivity index (χ4v) is 2.23. The number of hydrogen-bond acceptors (Lipinski definition) is 1. The smallest absolute Gasteiger partial charge is 0.128 e. The minimum absolute atomic E-state index is 0.858. The topological polar surface area (TPSA) is 9.23 Å². The molecule has 1 nitrogen and oxygen atoms in total. The van der Waals surface area contributed by atoms with Gasteiger partial charge in [0.2, 0.25) is 0 Å². The minimum Gasteiger partial charge on any atom is -0.457 e. The van der Waals surface area contributed by atoms with Crippen LogP contribution in [-0.2, 0) is 0 Å². The quantitative estimate of drug-likeness (QED) is 0.608. The van der Waals surface area contributed by atoms with Gasteiger partial charge < -0.3 is 4.74 Å². The summed E-state index contributed by atoms with van der Waals surface area (Å²) in [6, 6.07) is 26.5. The third-order valence-electron chi connectivity index (χ3n) is 3.14. The molecular formula is C19H16O. The Balaban J connectivity index is 1.95. The van der Waals surface area contributed by atoms with Gasteiger partial charge in [0.15, 0.2) is 0 Å². The summed E-state index contributed by atoms with van der Waals surface area (Å²) in [5.41, 5.74) is 3.57. The van der Waals surface area contributed by atoms with Crippen molar-refractivity contribution in [2.24, 2.45) is 0 Å². The predicted molar refractivity (Wildman–Crippen MR) is 83.1 cm³/mol. The Bertz CT molecular complexity index is 687. The highest BCUT2D eigenvalue weighted by Crippen LogP contribution is 2.28. The first-order chi connectivity index (χ1) is 9.81. The summed E-state index contributed by atoms with van der Waals surface area (Å²) >= 11 is 0. The highest BCUT2D eigenvalue weighted by Gasteiger charge is 2.03. The van der Waals surface area contributed by atoms with E-state index in [1.807, 2.05) is 36.4 Å². The molecule has 0 aliphatic rings. The van der Waals surface area contributed by atoms with E-state index in [2.05, 4.69) is 49.4 Å². The SMILES string of the molecule is Cc1cc(Oc2ccccc2)cc(-c2ccccc2)c1. The van der Waals surface area contributed by atoms with Crippen LogP contribution in [0.3, 0.4) is 0 Å². The van der Waals surface area contributed by atoms with Crippen molar-refractivity contribution >= 4 is 0 Å². The molecule has 0 saturated carbocycles. The standard InChI is InChI=1S/C19H16O/c1-15-12-17(16-8-4-2-5-9-16)14-19(13-15)20-18-10-6-3-7-11-18/h2-14H,1H3. The second-order valence-electron chi connectivity index (χ2n) is 4.82. The lowest BCUT2D eigenvalue weighted by atomic mass is 10.0. The van der Waals surface area contributed by atoms with Gasteiger partial charge in [0.05, 0.1) is 0 Å². The number of benzene rings is 3. The van der Waals surface area contributed by atoms with Gasteiger partial charge in [-0.05, 0) is 47.9 Å². The second kappa shape index (κ2) is 5.62. The van der Waals surface area contributed by atoms with E-state index < -0.39 is 0 Å². The van der Waals surface area contributed by atoms with Crippen molar-refractivity contribution in [2.75, 3.05) is 0 Å². The molecule has 0 radical (unpaired) electrons. The van der Waals surface area contributed by atoms with Gasteiger partial charge in [-0.25, -0.2) is 0 Å². The summed E-state index contributed by atoms with van der Waals surface area (Å²) in [6.07, 6.45) is 0. The van der Waals surface area contributed by atoms with Crippen LogP contribution in [0.1, 0.15) is 5.56 Å². The first kappa shape index (κ1) is 12.5. The van der Waals surface area contributed by atoms with Crippen LogP contribution in [0.25, 0.3) is 11.1 Å². The van der Waals surface area contributed by atoms with E-state index in [0.29, 0.717) is 0 Å². The first-order valence-corrected chi connectivity index (χ1v) is 6.71. The normalized spacial score (nSPS) is 10.2. The molecule has 1 heteroatoms. The molecule has 0 N–H and O–H groups in total. The minimum atomic E-state index is 0.858. The third-order valence-corrected chi connectivity index (χ3v) is 3.14. The molecule has 0 heterocycles. The predicted octanol–water partition coefficient (Wildman–Crippen LogP) is 5.45. The molecule has 3 aromatic rings. The Kier molecular flexibility index (Phi) is 3.51. The maximum atomic E-state index is 5.92. The maximum Gasteiger partial charge on any atom is 0.128 e. The third kappa shape index (κ3) is 2.89. The summed E-state index contributed by atoms with van der Waals surface area (Å²) in [5, 5.41) is 0. The van der Waals surface area contributed by atoms with Crippen molar-refractivity contribution in [1.82, 2.24) is 0 Å². The summed E-state index contributed by atoms with van der Waals surface area (Å²) in [7, 11) is 0. The van der Waals surface area contributed by atoms with Crippen molar-refractivity contribution in [3.8, 4) is 22.6 Å². The van der Waals surface area contributed by atoms with E-state index in [1.54, 1.807) is 0 Å². The van der Waals surface area contributed by atoms with Crippen molar-refractivity contribution in [3.05, 3.63) is 84.4 Å². The molecule has 0 amide bonds. The summed E-state index contributed by atoms with van der Waals surface area (Å²) in [4.78, 5) is 0. The zero-order valence-electron chi connectivity index (χ0n) is 11.4. The number of para-hydroxylation sites is 1. The maximum absolute atomic E-state index is 5.92. The Morgan fingerprint density at radius 2 is 1.25 bits per heavy atom. The lowest BCUT2D eigenvalue weighted by Crippen LogP contribution is -1.87. The fraction of sp³-hybridized carbons (Fsp3) is 0.0526. The molecule has 0 saturated heterocycles. The Hall–Kier alpha value is -2.54. The Labute approximate surface area is 119 Å². The average molecular weight is 260 g/mol. The van der Waals surface area contributed by atoms with Gasteiger partial charge in [-0.1, -0.05) is 54.6 Å². The lowest BCUT2D eigenvalue weighted by Gasteiger charge is -2.09. The van der Waals surface area contributed by atoms with E-state index in [0.717, 1.165) is 11.5 Å². The van der Waals surface area contributed by atoms with Crippen LogP contribution in [-0.4, -0.2) is 0 Å². The van der Waals surface area contributed by atoms with Crippen LogP contribution in [0.2, 0.25) is 0 Å². The second-order valence-corrected chi connectivity index (χ2v) is 4.82. The van der Waals surface area contributed by atoms with Crippen molar-refractivity contribution in [2.45, 2.75) is 6.92 Å². The largest absolute Gasteiger partial charge is 0.457 e. The van der Waals surface area contributed by atoms with Gasteiger partial charge in [0, 0.05) is 0 Å². The number of rotatable bonds is 3. The van der Waals surface area contributed by atoms with Crippen LogP contribution in [0, 0.1) is 6.92 Å². The van der Waals surface area contributed by atoms with E-state index in [1.165, 1.54) is 16.7 Å². The molecular weight excluding hydrogens is 244 g/mol. The van der Waals surface area contributed by atoms with Crippen molar-refractivity contribution in [3.63, 3.8) is 0 Å². The molecule has 0 aromatic heterocycles. The van der Waals surface area contributed by atoms with Gasteiger partial charge in [-0.2, -0.15) is 0 Å². The van der Waals surface area contributed by atoms with Crippen LogP contribution in [0.5, 0.6) is 11.5 Å². The Morgan fingerprint density at radius 3 is 1.95 bits per heavy atom. The highest BCUT2D eigenvalue weighted by molar-refractivity contribution is 5.66.